The quantitative estimate of drug-likeness (QED) is 0.780. The average molecular weight is 289 g/mol. The SMILES string of the molecule is CC1(C(=O)O)CCN(C(=O)C2CCS(=O)(=O)C2)CC1. The molecule has 1 N–H and O–H groups in total. The number of carbonyl (C=O) groups excluding carboxylic acids is 1. The summed E-state index contributed by atoms with van der Waals surface area (Å²) < 4.78 is 22.7. The van der Waals surface area contributed by atoms with E-state index < -0.39 is 27.1 Å². The van der Waals surface area contributed by atoms with Crippen LogP contribution < -0.4 is 0 Å². The van der Waals surface area contributed by atoms with Gasteiger partial charge in [0.05, 0.1) is 22.8 Å². The highest BCUT2D eigenvalue weighted by Gasteiger charge is 2.41. The second-order valence-corrected chi connectivity index (χ2v) is 8.02. The third-order valence-corrected chi connectivity index (χ3v) is 6.04. The highest BCUT2D eigenvalue weighted by atomic mass is 32.2. The Morgan fingerprint density at radius 2 is 1.84 bits per heavy atom. The van der Waals surface area contributed by atoms with Crippen LogP contribution in [0, 0.1) is 11.3 Å². The van der Waals surface area contributed by atoms with Crippen molar-refractivity contribution in [3.8, 4) is 0 Å². The predicted octanol–water partition coefficient (Wildman–Crippen LogP) is 0.134. The number of aliphatic carboxylic acids is 1. The van der Waals surface area contributed by atoms with Crippen molar-refractivity contribution in [1.29, 1.82) is 0 Å². The molecule has 0 aromatic rings. The first kappa shape index (κ1) is 14.3. The molecule has 0 aromatic heterocycles. The summed E-state index contributed by atoms with van der Waals surface area (Å²) in [6, 6.07) is 0. The molecule has 6 nitrogen and oxygen atoms in total. The summed E-state index contributed by atoms with van der Waals surface area (Å²) in [6.45, 7) is 2.49. The van der Waals surface area contributed by atoms with Crippen molar-refractivity contribution in [3.05, 3.63) is 0 Å². The van der Waals surface area contributed by atoms with Crippen LogP contribution in [0.15, 0.2) is 0 Å². The number of amides is 1. The zero-order valence-corrected chi connectivity index (χ0v) is 11.8. The second-order valence-electron chi connectivity index (χ2n) is 5.79. The first-order valence-corrected chi connectivity index (χ1v) is 8.28. The zero-order valence-electron chi connectivity index (χ0n) is 11.0. The molecule has 2 aliphatic rings. The number of rotatable bonds is 2. The second kappa shape index (κ2) is 4.77. The van der Waals surface area contributed by atoms with Gasteiger partial charge in [-0.2, -0.15) is 0 Å². The predicted molar refractivity (Wildman–Crippen MR) is 68.3 cm³/mol. The number of likely N-dealkylation sites (tertiary alicyclic amines) is 1. The fourth-order valence-corrected chi connectivity index (χ4v) is 4.42. The molecule has 108 valence electrons. The van der Waals surface area contributed by atoms with Gasteiger partial charge in [0.25, 0.3) is 0 Å². The summed E-state index contributed by atoms with van der Waals surface area (Å²) in [7, 11) is -3.06. The largest absolute Gasteiger partial charge is 0.481 e. The minimum atomic E-state index is -3.06. The standard InChI is InChI=1S/C12H19NO5S/c1-12(11(15)16)3-5-13(6-4-12)10(14)9-2-7-19(17,18)8-9/h9H,2-8H2,1H3,(H,15,16). The summed E-state index contributed by atoms with van der Waals surface area (Å²) in [5.41, 5.74) is -0.765. The number of nitrogens with zero attached hydrogens (tertiary/aromatic N) is 1. The maximum Gasteiger partial charge on any atom is 0.309 e. The topological polar surface area (TPSA) is 91.8 Å². The van der Waals surface area contributed by atoms with Gasteiger partial charge in [0.15, 0.2) is 9.84 Å². The van der Waals surface area contributed by atoms with Crippen molar-refractivity contribution in [2.75, 3.05) is 24.6 Å². The number of carboxylic acids is 1. The van der Waals surface area contributed by atoms with Gasteiger partial charge >= 0.3 is 5.97 Å². The lowest BCUT2D eigenvalue weighted by atomic mass is 9.80. The van der Waals surface area contributed by atoms with Crippen LogP contribution in [0.5, 0.6) is 0 Å². The van der Waals surface area contributed by atoms with Crippen LogP contribution in [0.2, 0.25) is 0 Å². The molecule has 0 aromatic carbocycles. The molecule has 0 spiro atoms. The molecular formula is C12H19NO5S. The van der Waals surface area contributed by atoms with Gasteiger partial charge in [-0.15, -0.1) is 0 Å². The molecule has 1 amide bonds. The van der Waals surface area contributed by atoms with Gasteiger partial charge in [-0.1, -0.05) is 0 Å². The summed E-state index contributed by atoms with van der Waals surface area (Å²) in [4.78, 5) is 24.9. The van der Waals surface area contributed by atoms with Crippen molar-refractivity contribution >= 4 is 21.7 Å². The Morgan fingerprint density at radius 3 is 2.26 bits per heavy atom. The van der Waals surface area contributed by atoms with E-state index in [9.17, 15) is 18.0 Å². The lowest BCUT2D eigenvalue weighted by molar-refractivity contribution is -0.153. The first-order chi connectivity index (χ1) is 8.73. The summed E-state index contributed by atoms with van der Waals surface area (Å²) in [6.07, 6.45) is 1.24. The molecule has 2 rings (SSSR count). The number of piperidine rings is 1. The number of carboxylic acid groups (broad SMARTS) is 1. The van der Waals surface area contributed by atoms with Crippen LogP contribution in [0.4, 0.5) is 0 Å². The Balaban J connectivity index is 1.95. The van der Waals surface area contributed by atoms with E-state index in [0.717, 1.165) is 0 Å². The Morgan fingerprint density at radius 1 is 1.26 bits per heavy atom. The van der Waals surface area contributed by atoms with Gasteiger partial charge < -0.3 is 10.0 Å². The van der Waals surface area contributed by atoms with Crippen LogP contribution in [-0.4, -0.2) is 54.9 Å². The summed E-state index contributed by atoms with van der Waals surface area (Å²) >= 11 is 0. The van der Waals surface area contributed by atoms with Gasteiger partial charge in [-0.25, -0.2) is 8.42 Å². The van der Waals surface area contributed by atoms with Crippen LogP contribution in [0.3, 0.4) is 0 Å². The zero-order chi connectivity index (χ0) is 14.3. The van der Waals surface area contributed by atoms with E-state index in [0.29, 0.717) is 32.4 Å². The molecule has 0 bridgehead atoms. The molecule has 1 atom stereocenters. The van der Waals surface area contributed by atoms with E-state index in [2.05, 4.69) is 0 Å². The highest BCUT2D eigenvalue weighted by Crippen LogP contribution is 2.32. The first-order valence-electron chi connectivity index (χ1n) is 6.46. The molecule has 2 fully saturated rings. The van der Waals surface area contributed by atoms with Crippen molar-refractivity contribution < 1.29 is 23.1 Å². The van der Waals surface area contributed by atoms with Gasteiger partial charge in [0, 0.05) is 13.1 Å². The maximum atomic E-state index is 12.2. The highest BCUT2D eigenvalue weighted by molar-refractivity contribution is 7.91. The number of sulfone groups is 1. The lowest BCUT2D eigenvalue weighted by Crippen LogP contribution is -2.47. The Bertz CT molecular complexity index is 490. The normalized spacial score (nSPS) is 29.1. The van der Waals surface area contributed by atoms with Gasteiger partial charge in [0.1, 0.15) is 0 Å². The molecular weight excluding hydrogens is 270 g/mol. The Hall–Kier alpha value is -1.11. The van der Waals surface area contributed by atoms with Crippen LogP contribution in [0.25, 0.3) is 0 Å². The minimum Gasteiger partial charge on any atom is -0.481 e. The Labute approximate surface area is 112 Å². The van der Waals surface area contributed by atoms with Crippen molar-refractivity contribution in [3.63, 3.8) is 0 Å². The molecule has 2 aliphatic heterocycles. The van der Waals surface area contributed by atoms with E-state index in [1.54, 1.807) is 11.8 Å². The van der Waals surface area contributed by atoms with Crippen LogP contribution in [0.1, 0.15) is 26.2 Å². The number of hydrogen-bond acceptors (Lipinski definition) is 4. The lowest BCUT2D eigenvalue weighted by Gasteiger charge is -2.37. The maximum absolute atomic E-state index is 12.2. The molecule has 0 saturated carbocycles. The molecule has 0 aliphatic carbocycles. The van der Waals surface area contributed by atoms with Crippen molar-refractivity contribution in [2.24, 2.45) is 11.3 Å². The molecule has 2 saturated heterocycles. The molecule has 2 heterocycles. The van der Waals surface area contributed by atoms with Crippen molar-refractivity contribution in [2.45, 2.75) is 26.2 Å². The fourth-order valence-electron chi connectivity index (χ4n) is 2.68. The molecule has 0 radical (unpaired) electrons. The summed E-state index contributed by atoms with van der Waals surface area (Å²) in [5.74, 6) is -1.36. The van der Waals surface area contributed by atoms with Gasteiger partial charge in [-0.3, -0.25) is 9.59 Å². The number of hydrogen-bond donors (Lipinski definition) is 1. The molecule has 19 heavy (non-hydrogen) atoms. The van der Waals surface area contributed by atoms with E-state index in [-0.39, 0.29) is 17.4 Å². The fraction of sp³-hybridized carbons (Fsp3) is 0.833. The third-order valence-electron chi connectivity index (χ3n) is 4.28. The monoisotopic (exact) mass is 289 g/mol. The van der Waals surface area contributed by atoms with Crippen molar-refractivity contribution in [1.82, 2.24) is 4.90 Å². The smallest absolute Gasteiger partial charge is 0.309 e. The van der Waals surface area contributed by atoms with E-state index in [1.807, 2.05) is 0 Å². The molecule has 7 heteroatoms. The average Bonchev–Trinajstić information content (AvgIpc) is 2.69. The molecule has 1 unspecified atom stereocenters. The van der Waals surface area contributed by atoms with Gasteiger partial charge in [0.2, 0.25) is 5.91 Å². The van der Waals surface area contributed by atoms with Gasteiger partial charge in [-0.05, 0) is 26.2 Å². The van der Waals surface area contributed by atoms with Crippen LogP contribution in [-0.2, 0) is 19.4 Å². The third kappa shape index (κ3) is 2.91. The Kier molecular flexibility index (Phi) is 3.59. The van der Waals surface area contributed by atoms with E-state index >= 15 is 0 Å². The number of carbonyl (C=O) groups is 2. The summed E-state index contributed by atoms with van der Waals surface area (Å²) in [5, 5.41) is 9.12. The van der Waals surface area contributed by atoms with E-state index in [4.69, 9.17) is 5.11 Å². The minimum absolute atomic E-state index is 0.0570. The van der Waals surface area contributed by atoms with E-state index in [1.165, 1.54) is 0 Å². The van der Waals surface area contributed by atoms with Crippen LogP contribution >= 0.6 is 0 Å².